The number of aliphatic imine (C=N–C) groups is 1. The van der Waals surface area contributed by atoms with Crippen LogP contribution in [0.25, 0.3) is 5.57 Å². The molecule has 0 bridgehead atoms. The molecule has 1 aliphatic rings. The number of nitrogens with one attached hydrogen (secondary N) is 1. The van der Waals surface area contributed by atoms with Gasteiger partial charge in [0.2, 0.25) is 0 Å². The van der Waals surface area contributed by atoms with Gasteiger partial charge in [-0.1, -0.05) is 12.1 Å². The van der Waals surface area contributed by atoms with Crippen molar-refractivity contribution in [3.63, 3.8) is 0 Å². The second-order valence-corrected chi connectivity index (χ2v) is 9.75. The number of carbonyl (C=O) groups is 1. The summed E-state index contributed by atoms with van der Waals surface area (Å²) in [7, 11) is 3.25. The molecule has 38 heavy (non-hydrogen) atoms. The molecule has 2 aromatic rings. The number of nitrogens with zero attached hydrogens (tertiary/aromatic N) is 2. The number of amides is 1. The van der Waals surface area contributed by atoms with Crippen LogP contribution in [0.5, 0.6) is 5.75 Å². The Kier molecular flexibility index (Phi) is 9.96. The minimum absolute atomic E-state index is 0.0372. The van der Waals surface area contributed by atoms with E-state index in [0.717, 1.165) is 40.7 Å². The lowest BCUT2D eigenvalue weighted by Crippen LogP contribution is -2.35. The smallest absolute Gasteiger partial charge is 0.390 e. The van der Waals surface area contributed by atoms with Crippen LogP contribution in [0.1, 0.15) is 70.8 Å². The number of allylic oxidation sites excluding steroid dienone is 1. The van der Waals surface area contributed by atoms with Gasteiger partial charge in [-0.3, -0.25) is 9.79 Å². The van der Waals surface area contributed by atoms with E-state index in [1.54, 1.807) is 20.4 Å². The summed E-state index contributed by atoms with van der Waals surface area (Å²) in [5.41, 5.74) is 10.7. The molecule has 6 nitrogen and oxygen atoms in total. The summed E-state index contributed by atoms with van der Waals surface area (Å²) < 4.78 is 43.2. The zero-order valence-corrected chi connectivity index (χ0v) is 22.4. The third kappa shape index (κ3) is 7.84. The Bertz CT molecular complexity index is 1170. The maximum absolute atomic E-state index is 13.3. The number of halogens is 3. The molecule has 3 N–H and O–H groups in total. The maximum atomic E-state index is 13.3. The van der Waals surface area contributed by atoms with Crippen LogP contribution in [0.15, 0.2) is 47.6 Å². The fraction of sp³-hybridized carbons (Fsp3) is 0.448. The first kappa shape index (κ1) is 29.2. The van der Waals surface area contributed by atoms with Crippen LogP contribution in [0, 0.1) is 6.92 Å². The number of benzene rings is 2. The molecule has 3 rings (SSSR count). The van der Waals surface area contributed by atoms with Gasteiger partial charge in [-0.05, 0) is 92.2 Å². The Morgan fingerprint density at radius 2 is 1.95 bits per heavy atom. The van der Waals surface area contributed by atoms with E-state index in [1.165, 1.54) is 6.20 Å². The summed E-state index contributed by atoms with van der Waals surface area (Å²) in [6.07, 6.45) is -0.240. The normalized spacial score (nSPS) is 16.6. The second kappa shape index (κ2) is 13.0. The van der Waals surface area contributed by atoms with Crippen LogP contribution in [-0.2, 0) is 0 Å². The number of carbonyl (C=O) groups excluding carboxylic acids is 1. The van der Waals surface area contributed by atoms with Crippen molar-refractivity contribution in [1.82, 2.24) is 10.2 Å². The summed E-state index contributed by atoms with van der Waals surface area (Å²) in [6.45, 7) is 5.08. The highest BCUT2D eigenvalue weighted by atomic mass is 19.4. The molecule has 0 radical (unpaired) electrons. The van der Waals surface area contributed by atoms with Crippen LogP contribution in [0.2, 0.25) is 0 Å². The third-order valence-electron chi connectivity index (χ3n) is 7.07. The standard InChI is InChI=1S/C29H37F3N4O2/c1-19-5-6-22(21-7-10-36(11-8-21)12-9-29(30,31)32)16-27(19)28(37)35-20(2)23-13-24(15-26(14-23)38-4)25(17-33)18-34-3/h5-6,13-18,20-21H,7-12,33H2,1-4H3,(H,35,37)/t20-/m1/s1. The monoisotopic (exact) mass is 530 g/mol. The first-order valence-corrected chi connectivity index (χ1v) is 12.8. The average Bonchev–Trinajstić information content (AvgIpc) is 2.90. The molecule has 2 aromatic carbocycles. The summed E-state index contributed by atoms with van der Waals surface area (Å²) in [5, 5.41) is 3.10. The number of hydrogen-bond donors (Lipinski definition) is 2. The lowest BCUT2D eigenvalue weighted by Gasteiger charge is -2.32. The first-order chi connectivity index (χ1) is 18.0. The third-order valence-corrected chi connectivity index (χ3v) is 7.07. The van der Waals surface area contributed by atoms with Gasteiger partial charge < -0.3 is 20.7 Å². The van der Waals surface area contributed by atoms with E-state index in [0.29, 0.717) is 24.4 Å². The molecule has 0 saturated carbocycles. The molecule has 206 valence electrons. The molecule has 1 aliphatic heterocycles. The van der Waals surface area contributed by atoms with Crippen molar-refractivity contribution in [3.05, 3.63) is 70.4 Å². The van der Waals surface area contributed by atoms with Gasteiger partial charge in [-0.15, -0.1) is 0 Å². The molecule has 1 fully saturated rings. The Hall–Kier alpha value is -3.33. The predicted molar refractivity (Wildman–Crippen MR) is 146 cm³/mol. The van der Waals surface area contributed by atoms with Gasteiger partial charge >= 0.3 is 6.18 Å². The van der Waals surface area contributed by atoms with Crippen LogP contribution in [0.3, 0.4) is 0 Å². The Balaban J connectivity index is 1.72. The van der Waals surface area contributed by atoms with Gasteiger partial charge in [0.1, 0.15) is 5.75 Å². The molecule has 1 atom stereocenters. The highest BCUT2D eigenvalue weighted by molar-refractivity contribution is 6.09. The van der Waals surface area contributed by atoms with Gasteiger partial charge in [0, 0.05) is 37.1 Å². The van der Waals surface area contributed by atoms with E-state index in [2.05, 4.69) is 10.3 Å². The van der Waals surface area contributed by atoms with Gasteiger partial charge in [0.25, 0.3) is 5.91 Å². The number of piperidine rings is 1. The van der Waals surface area contributed by atoms with E-state index < -0.39 is 12.6 Å². The Morgan fingerprint density at radius 1 is 1.24 bits per heavy atom. The minimum atomic E-state index is -4.13. The number of hydrogen-bond acceptors (Lipinski definition) is 5. The predicted octanol–water partition coefficient (Wildman–Crippen LogP) is 5.63. The molecular weight excluding hydrogens is 493 g/mol. The highest BCUT2D eigenvalue weighted by Crippen LogP contribution is 2.31. The van der Waals surface area contributed by atoms with Crippen molar-refractivity contribution in [2.45, 2.75) is 51.2 Å². The fourth-order valence-corrected chi connectivity index (χ4v) is 4.78. The molecule has 0 unspecified atom stereocenters. The number of aryl methyl sites for hydroxylation is 1. The second-order valence-electron chi connectivity index (χ2n) is 9.75. The van der Waals surface area contributed by atoms with E-state index in [1.807, 2.05) is 55.1 Å². The fourth-order valence-electron chi connectivity index (χ4n) is 4.78. The number of likely N-dealkylation sites (tertiary alicyclic amines) is 1. The van der Waals surface area contributed by atoms with Gasteiger partial charge in [-0.25, -0.2) is 0 Å². The lowest BCUT2D eigenvalue weighted by molar-refractivity contribution is -0.138. The van der Waals surface area contributed by atoms with E-state index >= 15 is 0 Å². The molecule has 0 spiro atoms. The molecule has 9 heteroatoms. The molecule has 1 saturated heterocycles. The molecule has 0 aliphatic carbocycles. The number of ether oxygens (including phenoxy) is 1. The lowest BCUT2D eigenvalue weighted by atomic mass is 9.87. The maximum Gasteiger partial charge on any atom is 0.390 e. The number of alkyl halides is 3. The topological polar surface area (TPSA) is 80.0 Å². The summed E-state index contributed by atoms with van der Waals surface area (Å²) in [4.78, 5) is 19.3. The van der Waals surface area contributed by atoms with Gasteiger partial charge in [0.15, 0.2) is 0 Å². The summed E-state index contributed by atoms with van der Waals surface area (Å²) in [6, 6.07) is 11.3. The van der Waals surface area contributed by atoms with Crippen LogP contribution in [-0.4, -0.2) is 57.0 Å². The van der Waals surface area contributed by atoms with Crippen molar-refractivity contribution in [2.75, 3.05) is 33.8 Å². The largest absolute Gasteiger partial charge is 0.497 e. The number of rotatable bonds is 9. The Labute approximate surface area is 222 Å². The van der Waals surface area contributed by atoms with Crippen molar-refractivity contribution in [1.29, 1.82) is 0 Å². The van der Waals surface area contributed by atoms with Crippen molar-refractivity contribution >= 4 is 17.7 Å². The van der Waals surface area contributed by atoms with Crippen molar-refractivity contribution in [3.8, 4) is 5.75 Å². The van der Waals surface area contributed by atoms with E-state index in [9.17, 15) is 18.0 Å². The number of methoxy groups -OCH3 is 1. The quantitative estimate of drug-likeness (QED) is 0.412. The van der Waals surface area contributed by atoms with E-state index in [-0.39, 0.29) is 24.4 Å². The molecule has 1 amide bonds. The van der Waals surface area contributed by atoms with Crippen LogP contribution in [0.4, 0.5) is 13.2 Å². The van der Waals surface area contributed by atoms with Gasteiger partial charge in [0.05, 0.1) is 19.6 Å². The highest BCUT2D eigenvalue weighted by Gasteiger charge is 2.29. The van der Waals surface area contributed by atoms with E-state index in [4.69, 9.17) is 10.5 Å². The Morgan fingerprint density at radius 3 is 2.55 bits per heavy atom. The summed E-state index contributed by atoms with van der Waals surface area (Å²) in [5.74, 6) is 0.667. The SMILES string of the molecule is CN=CC(=CN)c1cc(OC)cc([C@@H](C)NC(=O)c2cc(C3CCN(CCC(F)(F)F)CC3)ccc2C)c1. The average molecular weight is 531 g/mol. The van der Waals surface area contributed by atoms with Crippen molar-refractivity contribution in [2.24, 2.45) is 10.7 Å². The summed E-state index contributed by atoms with van der Waals surface area (Å²) >= 11 is 0. The molecule has 0 aromatic heterocycles. The van der Waals surface area contributed by atoms with Crippen LogP contribution < -0.4 is 15.8 Å². The zero-order valence-electron chi connectivity index (χ0n) is 22.4. The van der Waals surface area contributed by atoms with Crippen LogP contribution >= 0.6 is 0 Å². The molecular formula is C29H37F3N4O2. The first-order valence-electron chi connectivity index (χ1n) is 12.8. The van der Waals surface area contributed by atoms with Gasteiger partial charge in [-0.2, -0.15) is 13.2 Å². The number of nitrogens with two attached hydrogens (primary N) is 1. The zero-order chi connectivity index (χ0) is 27.9. The van der Waals surface area contributed by atoms with Crippen molar-refractivity contribution < 1.29 is 22.7 Å². The molecule has 1 heterocycles. The minimum Gasteiger partial charge on any atom is -0.497 e.